The Kier molecular flexibility index (Phi) is 3.89. The first-order valence-electron chi connectivity index (χ1n) is 9.46. The van der Waals surface area contributed by atoms with E-state index in [1.807, 2.05) is 53.4 Å². The maximum atomic E-state index is 13.1. The van der Waals surface area contributed by atoms with Gasteiger partial charge in [-0.05, 0) is 43.5 Å². The van der Waals surface area contributed by atoms with Crippen LogP contribution in [0.1, 0.15) is 37.0 Å². The van der Waals surface area contributed by atoms with Crippen LogP contribution in [-0.2, 0) is 11.2 Å². The van der Waals surface area contributed by atoms with E-state index in [1.165, 1.54) is 0 Å². The predicted molar refractivity (Wildman–Crippen MR) is 104 cm³/mol. The van der Waals surface area contributed by atoms with Crippen molar-refractivity contribution >= 4 is 28.0 Å². The van der Waals surface area contributed by atoms with E-state index in [-0.39, 0.29) is 18.4 Å². The van der Waals surface area contributed by atoms with E-state index in [4.69, 9.17) is 4.98 Å². The summed E-state index contributed by atoms with van der Waals surface area (Å²) in [5.41, 5.74) is 3.83. The van der Waals surface area contributed by atoms with E-state index in [1.54, 1.807) is 0 Å². The Morgan fingerprint density at radius 1 is 0.963 bits per heavy atom. The van der Waals surface area contributed by atoms with Gasteiger partial charge in [0.05, 0.1) is 34.5 Å². The molecule has 0 saturated carbocycles. The molecule has 2 aromatic carbocycles. The number of carbonyl (C=O) groups excluding carboxylic acids is 1. The number of para-hydroxylation sites is 4. The average Bonchev–Trinajstić information content (AvgIpc) is 3.31. The van der Waals surface area contributed by atoms with Crippen LogP contribution in [0.5, 0.6) is 0 Å². The van der Waals surface area contributed by atoms with Crippen molar-refractivity contribution in [2.75, 3.05) is 6.54 Å². The number of aromatic nitrogens is 4. The van der Waals surface area contributed by atoms with E-state index >= 15 is 0 Å². The fourth-order valence-corrected chi connectivity index (χ4v) is 3.98. The normalized spacial score (nSPS) is 17.6. The standard InChI is InChI=1S/C21H21N5O/c27-20(13-19-22-14-7-1-2-8-15(14)23-19)26-12-6-5-11-18(26)21-24-16-9-3-4-10-17(16)25-21/h1-4,7-10,18H,5-6,11-13H2,(H,22,23)(H,24,25). The number of nitrogens with one attached hydrogen (secondary N) is 2. The topological polar surface area (TPSA) is 77.7 Å². The highest BCUT2D eigenvalue weighted by Gasteiger charge is 2.30. The molecule has 1 atom stereocenters. The van der Waals surface area contributed by atoms with E-state index in [0.29, 0.717) is 0 Å². The highest BCUT2D eigenvalue weighted by molar-refractivity contribution is 5.81. The fraction of sp³-hybridized carbons (Fsp3) is 0.286. The summed E-state index contributed by atoms with van der Waals surface area (Å²) in [4.78, 5) is 31.0. The molecule has 4 aromatic rings. The van der Waals surface area contributed by atoms with E-state index in [0.717, 1.165) is 59.5 Å². The molecule has 1 amide bonds. The zero-order chi connectivity index (χ0) is 18.2. The van der Waals surface area contributed by atoms with Gasteiger partial charge < -0.3 is 14.9 Å². The number of piperidine rings is 1. The quantitative estimate of drug-likeness (QED) is 0.585. The van der Waals surface area contributed by atoms with Crippen LogP contribution in [-0.4, -0.2) is 37.3 Å². The zero-order valence-corrected chi connectivity index (χ0v) is 15.0. The van der Waals surface area contributed by atoms with Crippen LogP contribution in [0.3, 0.4) is 0 Å². The van der Waals surface area contributed by atoms with Crippen LogP contribution in [0.2, 0.25) is 0 Å². The molecule has 2 aromatic heterocycles. The largest absolute Gasteiger partial charge is 0.342 e. The maximum Gasteiger partial charge on any atom is 0.230 e. The van der Waals surface area contributed by atoms with Gasteiger partial charge in [-0.25, -0.2) is 9.97 Å². The number of hydrogen-bond acceptors (Lipinski definition) is 3. The molecule has 1 saturated heterocycles. The molecule has 3 heterocycles. The highest BCUT2D eigenvalue weighted by atomic mass is 16.2. The van der Waals surface area contributed by atoms with Crippen molar-refractivity contribution in [3.63, 3.8) is 0 Å². The Labute approximate surface area is 156 Å². The van der Waals surface area contributed by atoms with Crippen molar-refractivity contribution in [1.29, 1.82) is 0 Å². The van der Waals surface area contributed by atoms with Crippen molar-refractivity contribution in [2.45, 2.75) is 31.7 Å². The minimum atomic E-state index is 0.00280. The molecule has 1 aliphatic heterocycles. The lowest BCUT2D eigenvalue weighted by atomic mass is 10.0. The van der Waals surface area contributed by atoms with Crippen LogP contribution in [0, 0.1) is 0 Å². The average molecular weight is 359 g/mol. The van der Waals surface area contributed by atoms with Crippen LogP contribution < -0.4 is 0 Å². The molecule has 0 aliphatic carbocycles. The Bertz CT molecular complexity index is 1050. The van der Waals surface area contributed by atoms with Crippen molar-refractivity contribution in [3.05, 3.63) is 60.2 Å². The van der Waals surface area contributed by atoms with Crippen molar-refractivity contribution in [3.8, 4) is 0 Å². The van der Waals surface area contributed by atoms with Crippen LogP contribution in [0.4, 0.5) is 0 Å². The van der Waals surface area contributed by atoms with E-state index in [2.05, 4.69) is 15.0 Å². The lowest BCUT2D eigenvalue weighted by Gasteiger charge is -2.34. The SMILES string of the molecule is O=C(Cc1nc2ccccc2[nH]1)N1CCCCC1c1nc2ccccc2[nH]1. The van der Waals surface area contributed by atoms with Gasteiger partial charge in [-0.3, -0.25) is 4.79 Å². The van der Waals surface area contributed by atoms with E-state index < -0.39 is 0 Å². The minimum absolute atomic E-state index is 0.00280. The van der Waals surface area contributed by atoms with Crippen molar-refractivity contribution in [1.82, 2.24) is 24.8 Å². The number of hydrogen-bond donors (Lipinski definition) is 2. The number of nitrogens with zero attached hydrogens (tertiary/aromatic N) is 3. The molecule has 6 nitrogen and oxygen atoms in total. The van der Waals surface area contributed by atoms with Crippen LogP contribution >= 0.6 is 0 Å². The minimum Gasteiger partial charge on any atom is -0.342 e. The number of H-pyrrole nitrogens is 2. The number of fused-ring (bicyclic) bond motifs is 2. The molecule has 1 unspecified atom stereocenters. The summed E-state index contributed by atoms with van der Waals surface area (Å²) in [6.07, 6.45) is 3.36. The number of benzene rings is 2. The summed E-state index contributed by atoms with van der Waals surface area (Å²) in [5.74, 6) is 1.70. The fourth-order valence-electron chi connectivity index (χ4n) is 3.98. The first-order valence-corrected chi connectivity index (χ1v) is 9.46. The smallest absolute Gasteiger partial charge is 0.230 e. The number of amides is 1. The van der Waals surface area contributed by atoms with Gasteiger partial charge in [0.1, 0.15) is 11.6 Å². The number of imidazole rings is 2. The molecule has 1 fully saturated rings. The first kappa shape index (κ1) is 16.1. The Morgan fingerprint density at radius 2 is 1.67 bits per heavy atom. The Hall–Kier alpha value is -3.15. The second kappa shape index (κ2) is 6.54. The molecule has 27 heavy (non-hydrogen) atoms. The number of rotatable bonds is 3. The summed E-state index contributed by atoms with van der Waals surface area (Å²) in [6, 6.07) is 15.9. The Morgan fingerprint density at radius 3 is 2.41 bits per heavy atom. The van der Waals surface area contributed by atoms with Gasteiger partial charge in [0.15, 0.2) is 0 Å². The second-order valence-corrected chi connectivity index (χ2v) is 7.12. The molecule has 2 N–H and O–H groups in total. The molecule has 0 bridgehead atoms. The lowest BCUT2D eigenvalue weighted by molar-refractivity contribution is -0.134. The molecular weight excluding hydrogens is 338 g/mol. The molecule has 1 aliphatic rings. The summed E-state index contributed by atoms with van der Waals surface area (Å²) in [5, 5.41) is 0. The first-order chi connectivity index (χ1) is 13.3. The molecular formula is C21H21N5O. The monoisotopic (exact) mass is 359 g/mol. The Balaban J connectivity index is 1.41. The summed E-state index contributed by atoms with van der Waals surface area (Å²) in [7, 11) is 0. The molecule has 5 rings (SSSR count). The summed E-state index contributed by atoms with van der Waals surface area (Å²) in [6.45, 7) is 0.765. The van der Waals surface area contributed by atoms with Gasteiger partial charge in [0.2, 0.25) is 5.91 Å². The van der Waals surface area contributed by atoms with Gasteiger partial charge in [0, 0.05) is 6.54 Å². The summed E-state index contributed by atoms with van der Waals surface area (Å²) >= 11 is 0. The van der Waals surface area contributed by atoms with Gasteiger partial charge in [-0.15, -0.1) is 0 Å². The third kappa shape index (κ3) is 2.97. The maximum absolute atomic E-state index is 13.1. The van der Waals surface area contributed by atoms with Gasteiger partial charge in [-0.2, -0.15) is 0 Å². The molecule has 6 heteroatoms. The molecule has 0 radical (unpaired) electrons. The zero-order valence-electron chi connectivity index (χ0n) is 15.0. The van der Waals surface area contributed by atoms with Gasteiger partial charge in [-0.1, -0.05) is 24.3 Å². The highest BCUT2D eigenvalue weighted by Crippen LogP contribution is 2.31. The third-order valence-electron chi connectivity index (χ3n) is 5.30. The third-order valence-corrected chi connectivity index (χ3v) is 5.30. The second-order valence-electron chi connectivity index (χ2n) is 7.12. The predicted octanol–water partition coefficient (Wildman–Crippen LogP) is 3.74. The van der Waals surface area contributed by atoms with Crippen molar-refractivity contribution in [2.24, 2.45) is 0 Å². The van der Waals surface area contributed by atoms with E-state index in [9.17, 15) is 4.79 Å². The molecule has 136 valence electrons. The number of likely N-dealkylation sites (tertiary alicyclic amines) is 1. The summed E-state index contributed by atoms with van der Waals surface area (Å²) < 4.78 is 0. The van der Waals surface area contributed by atoms with Crippen molar-refractivity contribution < 1.29 is 4.79 Å². The van der Waals surface area contributed by atoms with Crippen LogP contribution in [0.15, 0.2) is 48.5 Å². The van der Waals surface area contributed by atoms with Crippen LogP contribution in [0.25, 0.3) is 22.1 Å². The lowest BCUT2D eigenvalue weighted by Crippen LogP contribution is -2.40. The number of aromatic amines is 2. The number of carbonyl (C=O) groups is 1. The van der Waals surface area contributed by atoms with Gasteiger partial charge >= 0.3 is 0 Å². The van der Waals surface area contributed by atoms with Gasteiger partial charge in [0.25, 0.3) is 0 Å². The molecule has 0 spiro atoms.